The predicted molar refractivity (Wildman–Crippen MR) is 100 cm³/mol. The molecule has 1 saturated carbocycles. The second kappa shape index (κ2) is 8.92. The minimum absolute atomic E-state index is 0.353. The molecule has 0 radical (unpaired) electrons. The van der Waals surface area contributed by atoms with Crippen molar-refractivity contribution in [1.82, 2.24) is 25.4 Å². The van der Waals surface area contributed by atoms with E-state index in [1.165, 1.54) is 18.9 Å². The molecule has 0 amide bonds. The summed E-state index contributed by atoms with van der Waals surface area (Å²) in [5, 5.41) is 14.8. The van der Waals surface area contributed by atoms with Gasteiger partial charge in [0.05, 0.1) is 0 Å². The fourth-order valence-electron chi connectivity index (χ4n) is 3.21. The third-order valence-corrected chi connectivity index (χ3v) is 4.95. The highest BCUT2D eigenvalue weighted by molar-refractivity contribution is 5.80. The number of guanidine groups is 1. The molecule has 1 aromatic heterocycles. The summed E-state index contributed by atoms with van der Waals surface area (Å²) < 4.78 is 29.0. The van der Waals surface area contributed by atoms with Crippen molar-refractivity contribution in [3.05, 3.63) is 47.0 Å². The van der Waals surface area contributed by atoms with E-state index < -0.39 is 11.6 Å². The number of aromatic nitrogens is 3. The van der Waals surface area contributed by atoms with Crippen molar-refractivity contribution in [2.45, 2.75) is 51.6 Å². The Hall–Kier alpha value is -2.51. The summed E-state index contributed by atoms with van der Waals surface area (Å²) in [6.45, 7) is 2.74. The summed E-state index contributed by atoms with van der Waals surface area (Å²) in [6.07, 6.45) is 5.02. The van der Waals surface area contributed by atoms with Crippen molar-refractivity contribution in [2.75, 3.05) is 6.54 Å². The lowest BCUT2D eigenvalue weighted by molar-refractivity contribution is 0.580. The van der Waals surface area contributed by atoms with Crippen LogP contribution in [0.3, 0.4) is 0 Å². The van der Waals surface area contributed by atoms with Gasteiger partial charge in [-0.15, -0.1) is 10.2 Å². The number of nitrogens with one attached hydrogen (secondary N) is 2. The van der Waals surface area contributed by atoms with Gasteiger partial charge in [-0.25, -0.2) is 13.8 Å². The van der Waals surface area contributed by atoms with Crippen LogP contribution in [0.2, 0.25) is 0 Å². The van der Waals surface area contributed by atoms with Crippen LogP contribution in [0, 0.1) is 18.6 Å². The number of nitrogens with zero attached hydrogens (tertiary/aromatic N) is 4. The molecule has 0 atom stereocenters. The SMILES string of the molecule is Cc1nnc(CN=C(NCCc2cc(F)ccc2F)NC2CCCC2)n1C. The highest BCUT2D eigenvalue weighted by atomic mass is 19.1. The van der Waals surface area contributed by atoms with Crippen LogP contribution in [0.4, 0.5) is 8.78 Å². The molecule has 1 fully saturated rings. The normalized spacial score (nSPS) is 15.3. The molecule has 1 aliphatic rings. The van der Waals surface area contributed by atoms with E-state index in [0.717, 1.165) is 36.6 Å². The molecule has 0 spiro atoms. The summed E-state index contributed by atoms with van der Waals surface area (Å²) >= 11 is 0. The molecule has 0 saturated heterocycles. The van der Waals surface area contributed by atoms with Gasteiger partial charge in [0.1, 0.15) is 24.0 Å². The summed E-state index contributed by atoms with van der Waals surface area (Å²) in [6, 6.07) is 3.92. The highest BCUT2D eigenvalue weighted by Gasteiger charge is 2.16. The quantitative estimate of drug-likeness (QED) is 0.601. The fraction of sp³-hybridized carbons (Fsp3) is 0.526. The first kappa shape index (κ1) is 19.3. The van der Waals surface area contributed by atoms with Gasteiger partial charge in [0, 0.05) is 19.6 Å². The molecule has 1 heterocycles. The van der Waals surface area contributed by atoms with E-state index in [-0.39, 0.29) is 0 Å². The van der Waals surface area contributed by atoms with Gasteiger partial charge < -0.3 is 15.2 Å². The number of rotatable bonds is 6. The number of hydrogen-bond acceptors (Lipinski definition) is 3. The van der Waals surface area contributed by atoms with E-state index >= 15 is 0 Å². The summed E-state index contributed by atoms with van der Waals surface area (Å²) in [5.41, 5.74) is 0.353. The van der Waals surface area contributed by atoms with Crippen molar-refractivity contribution < 1.29 is 8.78 Å². The van der Waals surface area contributed by atoms with E-state index in [1.54, 1.807) is 0 Å². The highest BCUT2D eigenvalue weighted by Crippen LogP contribution is 2.17. The van der Waals surface area contributed by atoms with Gasteiger partial charge >= 0.3 is 0 Å². The molecule has 8 heteroatoms. The molecule has 6 nitrogen and oxygen atoms in total. The van der Waals surface area contributed by atoms with Crippen LogP contribution in [-0.4, -0.2) is 33.3 Å². The molecule has 0 aliphatic heterocycles. The lowest BCUT2D eigenvalue weighted by atomic mass is 10.1. The first-order valence-corrected chi connectivity index (χ1v) is 9.36. The number of hydrogen-bond donors (Lipinski definition) is 2. The Labute approximate surface area is 158 Å². The lowest BCUT2D eigenvalue weighted by Crippen LogP contribution is -2.43. The molecule has 2 aromatic rings. The standard InChI is InChI=1S/C19H26F2N6/c1-13-25-26-18(27(13)2)12-23-19(24-16-5-3-4-6-16)22-10-9-14-11-15(20)7-8-17(14)21/h7-8,11,16H,3-6,9-10,12H2,1-2H3,(H2,22,23,24). The van der Waals surface area contributed by atoms with Crippen molar-refractivity contribution in [2.24, 2.45) is 12.0 Å². The minimum atomic E-state index is -0.429. The smallest absolute Gasteiger partial charge is 0.191 e. The summed E-state index contributed by atoms with van der Waals surface area (Å²) in [5.74, 6) is 1.45. The van der Waals surface area contributed by atoms with E-state index in [1.807, 2.05) is 18.5 Å². The molecule has 0 unspecified atom stereocenters. The predicted octanol–water partition coefficient (Wildman–Crippen LogP) is 2.62. The summed E-state index contributed by atoms with van der Waals surface area (Å²) in [4.78, 5) is 4.61. The molecule has 0 bridgehead atoms. The monoisotopic (exact) mass is 376 g/mol. The first-order chi connectivity index (χ1) is 13.0. The lowest BCUT2D eigenvalue weighted by Gasteiger charge is -2.17. The molecule has 3 rings (SSSR count). The Morgan fingerprint density at radius 3 is 2.74 bits per heavy atom. The van der Waals surface area contributed by atoms with Crippen LogP contribution < -0.4 is 10.6 Å². The summed E-state index contributed by atoms with van der Waals surface area (Å²) in [7, 11) is 1.91. The number of aryl methyl sites for hydroxylation is 1. The van der Waals surface area contributed by atoms with Gasteiger partial charge in [0.25, 0.3) is 0 Å². The third-order valence-electron chi connectivity index (χ3n) is 4.95. The van der Waals surface area contributed by atoms with E-state index in [4.69, 9.17) is 0 Å². The topological polar surface area (TPSA) is 67.1 Å². The van der Waals surface area contributed by atoms with E-state index in [0.29, 0.717) is 37.1 Å². The van der Waals surface area contributed by atoms with Gasteiger partial charge in [-0.05, 0) is 49.9 Å². The largest absolute Gasteiger partial charge is 0.356 e. The van der Waals surface area contributed by atoms with Gasteiger partial charge in [-0.2, -0.15) is 0 Å². The van der Waals surface area contributed by atoms with E-state index in [9.17, 15) is 8.78 Å². The Balaban J connectivity index is 1.63. The minimum Gasteiger partial charge on any atom is -0.356 e. The molecular weight excluding hydrogens is 350 g/mol. The van der Waals surface area contributed by atoms with Crippen molar-refractivity contribution in [3.8, 4) is 0 Å². The van der Waals surface area contributed by atoms with Crippen molar-refractivity contribution in [3.63, 3.8) is 0 Å². The zero-order chi connectivity index (χ0) is 19.2. The Kier molecular flexibility index (Phi) is 6.36. The van der Waals surface area contributed by atoms with E-state index in [2.05, 4.69) is 25.8 Å². The van der Waals surface area contributed by atoms with Gasteiger partial charge in [0.15, 0.2) is 11.8 Å². The van der Waals surface area contributed by atoms with Crippen molar-refractivity contribution >= 4 is 5.96 Å². The Bertz CT molecular complexity index is 795. The zero-order valence-electron chi connectivity index (χ0n) is 15.8. The van der Waals surface area contributed by atoms with Gasteiger partial charge in [-0.3, -0.25) is 0 Å². The van der Waals surface area contributed by atoms with Crippen LogP contribution >= 0.6 is 0 Å². The fourth-order valence-corrected chi connectivity index (χ4v) is 3.21. The molecular formula is C19H26F2N6. The Morgan fingerprint density at radius 1 is 1.26 bits per heavy atom. The first-order valence-electron chi connectivity index (χ1n) is 9.36. The molecule has 1 aromatic carbocycles. The third kappa shape index (κ3) is 5.24. The van der Waals surface area contributed by atoms with Crippen LogP contribution in [0.15, 0.2) is 23.2 Å². The molecule has 27 heavy (non-hydrogen) atoms. The zero-order valence-corrected chi connectivity index (χ0v) is 15.8. The average molecular weight is 376 g/mol. The second-order valence-corrected chi connectivity index (χ2v) is 6.93. The van der Waals surface area contributed by atoms with Gasteiger partial charge in [0.2, 0.25) is 0 Å². The number of benzene rings is 1. The average Bonchev–Trinajstić information content (AvgIpc) is 3.27. The van der Waals surface area contributed by atoms with Gasteiger partial charge in [-0.1, -0.05) is 12.8 Å². The van der Waals surface area contributed by atoms with Crippen molar-refractivity contribution in [1.29, 1.82) is 0 Å². The van der Waals surface area contributed by atoms with Crippen LogP contribution in [-0.2, 0) is 20.0 Å². The van der Waals surface area contributed by atoms with Crippen LogP contribution in [0.25, 0.3) is 0 Å². The van der Waals surface area contributed by atoms with Crippen LogP contribution in [0.5, 0.6) is 0 Å². The Morgan fingerprint density at radius 2 is 2.04 bits per heavy atom. The van der Waals surface area contributed by atoms with Crippen LogP contribution in [0.1, 0.15) is 42.9 Å². The molecule has 1 aliphatic carbocycles. The molecule has 146 valence electrons. The number of aliphatic imine (C=N–C) groups is 1. The maximum absolute atomic E-state index is 13.8. The molecule has 2 N–H and O–H groups in total. The second-order valence-electron chi connectivity index (χ2n) is 6.93. The maximum Gasteiger partial charge on any atom is 0.191 e. The number of halogens is 2. The maximum atomic E-state index is 13.8.